The number of rotatable bonds is 3. The minimum absolute atomic E-state index is 0.219. The average Bonchev–Trinajstić information content (AvgIpc) is 3.06. The van der Waals surface area contributed by atoms with E-state index in [2.05, 4.69) is 4.98 Å². The number of aromatic nitrogens is 1. The van der Waals surface area contributed by atoms with Crippen molar-refractivity contribution in [2.24, 2.45) is 5.92 Å². The fourth-order valence-corrected chi connectivity index (χ4v) is 3.23. The molecule has 1 unspecified atom stereocenters. The zero-order chi connectivity index (χ0) is 11.0. The third kappa shape index (κ3) is 1.94. The molecule has 3 nitrogen and oxygen atoms in total. The van der Waals surface area contributed by atoms with E-state index in [1.54, 1.807) is 24.2 Å². The summed E-state index contributed by atoms with van der Waals surface area (Å²) in [6, 6.07) is 4.02. The molecule has 1 aliphatic heterocycles. The maximum Gasteiger partial charge on any atom is 0.233 e. The van der Waals surface area contributed by atoms with Crippen molar-refractivity contribution in [3.05, 3.63) is 30.1 Å². The van der Waals surface area contributed by atoms with E-state index in [4.69, 9.17) is 0 Å². The number of hydrogen-bond donors (Lipinski definition) is 0. The highest BCUT2D eigenvalue weighted by Crippen LogP contribution is 2.41. The van der Waals surface area contributed by atoms with Crippen molar-refractivity contribution in [2.45, 2.75) is 18.2 Å². The third-order valence-corrected chi connectivity index (χ3v) is 4.37. The predicted octanol–water partition coefficient (Wildman–Crippen LogP) is 2.07. The Morgan fingerprint density at radius 3 is 2.81 bits per heavy atom. The van der Waals surface area contributed by atoms with Crippen molar-refractivity contribution in [1.29, 1.82) is 0 Å². The van der Waals surface area contributed by atoms with Crippen molar-refractivity contribution in [3.63, 3.8) is 0 Å². The van der Waals surface area contributed by atoms with Gasteiger partial charge in [-0.3, -0.25) is 9.78 Å². The Labute approximate surface area is 99.2 Å². The van der Waals surface area contributed by atoms with Crippen molar-refractivity contribution in [2.75, 3.05) is 12.3 Å². The lowest BCUT2D eigenvalue weighted by Crippen LogP contribution is -2.30. The first-order valence-corrected chi connectivity index (χ1v) is 6.70. The number of carbonyl (C=O) groups is 1. The van der Waals surface area contributed by atoms with Crippen LogP contribution in [0, 0.1) is 5.92 Å². The summed E-state index contributed by atoms with van der Waals surface area (Å²) in [6.45, 7) is 0.943. The van der Waals surface area contributed by atoms with Gasteiger partial charge in [0.15, 0.2) is 0 Å². The Bertz CT molecular complexity index is 391. The van der Waals surface area contributed by atoms with Gasteiger partial charge in [-0.15, -0.1) is 11.8 Å². The Morgan fingerprint density at radius 2 is 2.12 bits per heavy atom. The number of pyridine rings is 1. The van der Waals surface area contributed by atoms with Crippen molar-refractivity contribution >= 4 is 17.7 Å². The Balaban J connectivity index is 1.80. The lowest BCUT2D eigenvalue weighted by atomic mass is 10.2. The van der Waals surface area contributed by atoms with Gasteiger partial charge in [-0.05, 0) is 36.5 Å². The van der Waals surface area contributed by atoms with Crippen LogP contribution in [-0.4, -0.2) is 28.1 Å². The summed E-state index contributed by atoms with van der Waals surface area (Å²) in [4.78, 5) is 17.9. The monoisotopic (exact) mass is 234 g/mol. The molecule has 1 saturated carbocycles. The van der Waals surface area contributed by atoms with E-state index in [1.165, 1.54) is 18.4 Å². The second kappa shape index (κ2) is 4.09. The molecule has 1 aliphatic carbocycles. The molecule has 0 bridgehead atoms. The molecule has 2 aliphatic rings. The molecule has 0 spiro atoms. The highest BCUT2D eigenvalue weighted by molar-refractivity contribution is 8.00. The fourth-order valence-electron chi connectivity index (χ4n) is 2.03. The average molecular weight is 234 g/mol. The number of nitrogens with zero attached hydrogens (tertiary/aromatic N) is 2. The molecule has 4 heteroatoms. The molecule has 2 heterocycles. The minimum Gasteiger partial charge on any atom is -0.326 e. The third-order valence-electron chi connectivity index (χ3n) is 3.11. The Hall–Kier alpha value is -1.03. The molecule has 1 amide bonds. The minimum atomic E-state index is 0.219. The molecule has 2 fully saturated rings. The van der Waals surface area contributed by atoms with Gasteiger partial charge in [-0.2, -0.15) is 0 Å². The lowest BCUT2D eigenvalue weighted by Gasteiger charge is -2.23. The second-order valence-electron chi connectivity index (χ2n) is 4.43. The summed E-state index contributed by atoms with van der Waals surface area (Å²) in [5, 5.41) is 0.219. The molecule has 0 radical (unpaired) electrons. The predicted molar refractivity (Wildman–Crippen MR) is 63.9 cm³/mol. The van der Waals surface area contributed by atoms with Crippen molar-refractivity contribution in [3.8, 4) is 0 Å². The molecule has 1 atom stereocenters. The number of amides is 1. The van der Waals surface area contributed by atoms with Crippen LogP contribution in [0.15, 0.2) is 24.5 Å². The van der Waals surface area contributed by atoms with Gasteiger partial charge < -0.3 is 4.90 Å². The van der Waals surface area contributed by atoms with Crippen LogP contribution in [0.2, 0.25) is 0 Å². The first-order valence-electron chi connectivity index (χ1n) is 5.65. The van der Waals surface area contributed by atoms with Crippen LogP contribution in [0.3, 0.4) is 0 Å². The largest absolute Gasteiger partial charge is 0.326 e. The molecule has 0 aromatic carbocycles. The molecule has 0 N–H and O–H groups in total. The molecule has 16 heavy (non-hydrogen) atoms. The summed E-state index contributed by atoms with van der Waals surface area (Å²) in [7, 11) is 0. The maximum atomic E-state index is 11.8. The van der Waals surface area contributed by atoms with Crippen LogP contribution < -0.4 is 0 Å². The summed E-state index contributed by atoms with van der Waals surface area (Å²) in [5.74, 6) is 1.67. The molecule has 1 saturated heterocycles. The maximum absolute atomic E-state index is 11.8. The first kappa shape index (κ1) is 10.1. The van der Waals surface area contributed by atoms with Gasteiger partial charge in [-0.1, -0.05) is 0 Å². The summed E-state index contributed by atoms with van der Waals surface area (Å²) >= 11 is 1.73. The first-order chi connectivity index (χ1) is 7.84. The number of carbonyl (C=O) groups excluding carboxylic acids is 1. The van der Waals surface area contributed by atoms with E-state index < -0.39 is 0 Å². The normalized spacial score (nSPS) is 25.1. The fraction of sp³-hybridized carbons (Fsp3) is 0.500. The topological polar surface area (TPSA) is 33.2 Å². The van der Waals surface area contributed by atoms with E-state index in [0.29, 0.717) is 11.7 Å². The van der Waals surface area contributed by atoms with Gasteiger partial charge in [0, 0.05) is 18.9 Å². The Kier molecular flexibility index (Phi) is 2.59. The second-order valence-corrected chi connectivity index (χ2v) is 5.50. The van der Waals surface area contributed by atoms with Gasteiger partial charge in [0.05, 0.1) is 5.75 Å². The zero-order valence-electron chi connectivity index (χ0n) is 9.00. The highest BCUT2D eigenvalue weighted by Gasteiger charge is 2.36. The van der Waals surface area contributed by atoms with E-state index >= 15 is 0 Å². The van der Waals surface area contributed by atoms with Crippen LogP contribution in [-0.2, 0) is 4.79 Å². The lowest BCUT2D eigenvalue weighted by molar-refractivity contribution is -0.128. The van der Waals surface area contributed by atoms with E-state index in [-0.39, 0.29) is 5.37 Å². The molecule has 1 aromatic rings. The zero-order valence-corrected chi connectivity index (χ0v) is 9.82. The standard InChI is InChI=1S/C12H14N2OS/c15-11-8-16-12(10-3-5-13-6-4-10)14(11)7-9-1-2-9/h3-6,9,12H,1-2,7-8H2. The van der Waals surface area contributed by atoms with Gasteiger partial charge in [-0.25, -0.2) is 0 Å². The summed E-state index contributed by atoms with van der Waals surface area (Å²) < 4.78 is 0. The van der Waals surface area contributed by atoms with Crippen molar-refractivity contribution < 1.29 is 4.79 Å². The molecule has 3 rings (SSSR count). The molecular formula is C12H14N2OS. The number of hydrogen-bond acceptors (Lipinski definition) is 3. The molecule has 1 aromatic heterocycles. The van der Waals surface area contributed by atoms with Crippen molar-refractivity contribution in [1.82, 2.24) is 9.88 Å². The van der Waals surface area contributed by atoms with Crippen LogP contribution in [0.25, 0.3) is 0 Å². The SMILES string of the molecule is O=C1CSC(c2ccncc2)N1CC1CC1. The van der Waals surface area contributed by atoms with Gasteiger partial charge in [0.25, 0.3) is 0 Å². The molecular weight excluding hydrogens is 220 g/mol. The van der Waals surface area contributed by atoms with E-state index in [9.17, 15) is 4.79 Å². The van der Waals surface area contributed by atoms with Gasteiger partial charge in [0.1, 0.15) is 5.37 Å². The molecule has 84 valence electrons. The van der Waals surface area contributed by atoms with Crippen LogP contribution in [0.5, 0.6) is 0 Å². The van der Waals surface area contributed by atoms with Crippen LogP contribution in [0.4, 0.5) is 0 Å². The highest BCUT2D eigenvalue weighted by atomic mass is 32.2. The van der Waals surface area contributed by atoms with Gasteiger partial charge in [0.2, 0.25) is 5.91 Å². The van der Waals surface area contributed by atoms with E-state index in [0.717, 1.165) is 12.5 Å². The van der Waals surface area contributed by atoms with Crippen LogP contribution in [0.1, 0.15) is 23.8 Å². The quantitative estimate of drug-likeness (QED) is 0.802. The number of thioether (sulfide) groups is 1. The smallest absolute Gasteiger partial charge is 0.233 e. The summed E-state index contributed by atoms with van der Waals surface area (Å²) in [6.07, 6.45) is 6.18. The van der Waals surface area contributed by atoms with Gasteiger partial charge >= 0.3 is 0 Å². The van der Waals surface area contributed by atoms with Crippen LogP contribution >= 0.6 is 11.8 Å². The summed E-state index contributed by atoms with van der Waals surface area (Å²) in [5.41, 5.74) is 1.20. The van der Waals surface area contributed by atoms with E-state index in [1.807, 2.05) is 17.0 Å². The Morgan fingerprint density at radius 1 is 1.38 bits per heavy atom.